The average Bonchev–Trinajstić information content (AvgIpc) is 3.06. The minimum Gasteiger partial charge on any atom is -0.347 e. The van der Waals surface area contributed by atoms with E-state index < -0.39 is 0 Å². The van der Waals surface area contributed by atoms with E-state index in [1.807, 2.05) is 24.0 Å². The highest BCUT2D eigenvalue weighted by molar-refractivity contribution is 7.99. The van der Waals surface area contributed by atoms with E-state index in [0.717, 1.165) is 65.9 Å². The molecule has 2 saturated heterocycles. The second-order valence-corrected chi connectivity index (χ2v) is 8.30. The summed E-state index contributed by atoms with van der Waals surface area (Å²) in [6, 6.07) is 2.01. The Balaban J connectivity index is 1.48. The Morgan fingerprint density at radius 2 is 2.13 bits per heavy atom. The molecule has 2 aromatic heterocycles. The summed E-state index contributed by atoms with van der Waals surface area (Å²) in [6.45, 7) is 3.61. The number of pyridine rings is 1. The minimum atomic E-state index is 0.122. The lowest BCUT2D eigenvalue weighted by molar-refractivity contribution is -0.135. The molecular formula is C16H20N4OS2. The van der Waals surface area contributed by atoms with Crippen LogP contribution in [-0.4, -0.2) is 58.5 Å². The van der Waals surface area contributed by atoms with Gasteiger partial charge in [-0.25, -0.2) is 4.98 Å². The quantitative estimate of drug-likeness (QED) is 0.834. The van der Waals surface area contributed by atoms with Crippen molar-refractivity contribution in [3.63, 3.8) is 0 Å². The Bertz CT molecular complexity index is 665. The summed E-state index contributed by atoms with van der Waals surface area (Å²) in [7, 11) is 0. The van der Waals surface area contributed by atoms with Gasteiger partial charge in [0.1, 0.15) is 5.52 Å². The summed E-state index contributed by atoms with van der Waals surface area (Å²) in [5.74, 6) is 2.62. The molecule has 23 heavy (non-hydrogen) atoms. The first-order chi connectivity index (χ1) is 11.3. The summed E-state index contributed by atoms with van der Waals surface area (Å²) >= 11 is 3.64. The number of thioether (sulfide) groups is 1. The Hall–Kier alpha value is -1.34. The Kier molecular flexibility index (Phi) is 4.39. The first-order valence-electron chi connectivity index (χ1n) is 8.13. The van der Waals surface area contributed by atoms with E-state index in [4.69, 9.17) is 4.98 Å². The number of anilines is 1. The minimum absolute atomic E-state index is 0.122. The molecule has 2 aromatic rings. The van der Waals surface area contributed by atoms with Crippen molar-refractivity contribution in [3.8, 4) is 0 Å². The average molecular weight is 348 g/mol. The van der Waals surface area contributed by atoms with Gasteiger partial charge in [0.25, 0.3) is 0 Å². The number of carbonyl (C=O) groups excluding carboxylic acids is 1. The fraction of sp³-hybridized carbons (Fsp3) is 0.562. The highest BCUT2D eigenvalue weighted by Crippen LogP contribution is 2.31. The van der Waals surface area contributed by atoms with Crippen molar-refractivity contribution in [3.05, 3.63) is 18.5 Å². The van der Waals surface area contributed by atoms with E-state index in [0.29, 0.717) is 5.91 Å². The van der Waals surface area contributed by atoms with Crippen LogP contribution in [0.15, 0.2) is 18.5 Å². The maximum Gasteiger partial charge on any atom is 0.227 e. The number of aromatic nitrogens is 2. The molecule has 0 saturated carbocycles. The van der Waals surface area contributed by atoms with Gasteiger partial charge in [0.05, 0.1) is 16.8 Å². The van der Waals surface area contributed by atoms with E-state index >= 15 is 0 Å². The van der Waals surface area contributed by atoms with Gasteiger partial charge in [0, 0.05) is 43.9 Å². The van der Waals surface area contributed by atoms with Gasteiger partial charge in [-0.2, -0.15) is 11.8 Å². The van der Waals surface area contributed by atoms with Gasteiger partial charge in [-0.15, -0.1) is 0 Å². The second kappa shape index (κ2) is 6.65. The smallest absolute Gasteiger partial charge is 0.227 e. The van der Waals surface area contributed by atoms with E-state index in [-0.39, 0.29) is 5.92 Å². The molecule has 1 atom stereocenters. The predicted octanol–water partition coefficient (Wildman–Crippen LogP) is 2.48. The summed E-state index contributed by atoms with van der Waals surface area (Å²) in [6.07, 6.45) is 5.69. The number of fused-ring (bicyclic) bond motifs is 1. The molecule has 0 bridgehead atoms. The maximum absolute atomic E-state index is 12.8. The lowest BCUT2D eigenvalue weighted by atomic mass is 9.97. The summed E-state index contributed by atoms with van der Waals surface area (Å²) < 4.78 is 1.16. The zero-order valence-corrected chi connectivity index (χ0v) is 14.6. The van der Waals surface area contributed by atoms with Gasteiger partial charge in [-0.05, 0) is 18.9 Å². The van der Waals surface area contributed by atoms with Crippen LogP contribution in [0.3, 0.4) is 0 Å². The third-order valence-electron chi connectivity index (χ3n) is 4.54. The van der Waals surface area contributed by atoms with Crippen LogP contribution < -0.4 is 4.90 Å². The summed E-state index contributed by atoms with van der Waals surface area (Å²) in [4.78, 5) is 25.9. The zero-order valence-electron chi connectivity index (χ0n) is 13.0. The third kappa shape index (κ3) is 3.17. The molecule has 1 unspecified atom stereocenters. The number of nitrogens with zero attached hydrogens (tertiary/aromatic N) is 4. The number of thiazole rings is 1. The molecular weight excluding hydrogens is 328 g/mol. The van der Waals surface area contributed by atoms with Gasteiger partial charge in [-0.1, -0.05) is 11.3 Å². The van der Waals surface area contributed by atoms with Gasteiger partial charge in [-0.3, -0.25) is 9.78 Å². The first kappa shape index (κ1) is 15.2. The van der Waals surface area contributed by atoms with E-state index in [1.165, 1.54) is 0 Å². The molecule has 2 aliphatic rings. The first-order valence-corrected chi connectivity index (χ1v) is 10.1. The SMILES string of the molecule is O=C(C1CCCN(c2nc3cnccc3s2)C1)N1CCSCC1. The molecule has 0 N–H and O–H groups in total. The molecule has 4 rings (SSSR count). The number of hydrogen-bond acceptors (Lipinski definition) is 6. The van der Waals surface area contributed by atoms with E-state index in [1.54, 1.807) is 17.5 Å². The van der Waals surface area contributed by atoms with Crippen molar-refractivity contribution < 1.29 is 4.79 Å². The summed E-state index contributed by atoms with van der Waals surface area (Å²) in [5, 5.41) is 1.03. The van der Waals surface area contributed by atoms with Crippen molar-refractivity contribution >= 4 is 44.4 Å². The van der Waals surface area contributed by atoms with E-state index in [9.17, 15) is 4.79 Å². The molecule has 0 aliphatic carbocycles. The van der Waals surface area contributed by atoms with Gasteiger partial charge in [0.15, 0.2) is 5.13 Å². The lowest BCUT2D eigenvalue weighted by Gasteiger charge is -2.36. The van der Waals surface area contributed by atoms with Gasteiger partial charge in [0.2, 0.25) is 5.91 Å². The summed E-state index contributed by atoms with van der Waals surface area (Å²) in [5.41, 5.74) is 0.953. The van der Waals surface area contributed by atoms with Gasteiger partial charge < -0.3 is 9.80 Å². The Labute approximate surface area is 144 Å². The molecule has 5 nitrogen and oxygen atoms in total. The van der Waals surface area contributed by atoms with Crippen LogP contribution in [0.2, 0.25) is 0 Å². The predicted molar refractivity (Wildman–Crippen MR) is 96.3 cm³/mol. The third-order valence-corrected chi connectivity index (χ3v) is 6.58. The van der Waals surface area contributed by atoms with Crippen LogP contribution in [0.5, 0.6) is 0 Å². The molecule has 1 amide bonds. The van der Waals surface area contributed by atoms with Crippen LogP contribution >= 0.6 is 23.1 Å². The van der Waals surface area contributed by atoms with Crippen LogP contribution in [0.25, 0.3) is 10.2 Å². The number of hydrogen-bond donors (Lipinski definition) is 0. The highest BCUT2D eigenvalue weighted by Gasteiger charge is 2.31. The van der Waals surface area contributed by atoms with E-state index in [2.05, 4.69) is 14.8 Å². The fourth-order valence-corrected chi connectivity index (χ4v) is 5.17. The maximum atomic E-state index is 12.8. The lowest BCUT2D eigenvalue weighted by Crippen LogP contribution is -2.47. The van der Waals surface area contributed by atoms with Crippen LogP contribution in [0, 0.1) is 5.92 Å². The van der Waals surface area contributed by atoms with Crippen molar-refractivity contribution in [2.24, 2.45) is 5.92 Å². The molecule has 0 radical (unpaired) electrons. The monoisotopic (exact) mass is 348 g/mol. The van der Waals surface area contributed by atoms with Gasteiger partial charge >= 0.3 is 0 Å². The van der Waals surface area contributed by atoms with Crippen LogP contribution in [0.4, 0.5) is 5.13 Å². The molecule has 2 fully saturated rings. The Morgan fingerprint density at radius 3 is 2.96 bits per heavy atom. The Morgan fingerprint density at radius 1 is 1.26 bits per heavy atom. The number of amides is 1. The number of carbonyl (C=O) groups is 1. The molecule has 122 valence electrons. The number of piperidine rings is 1. The molecule has 4 heterocycles. The molecule has 7 heteroatoms. The highest BCUT2D eigenvalue weighted by atomic mass is 32.2. The van der Waals surface area contributed by atoms with Crippen LogP contribution in [0.1, 0.15) is 12.8 Å². The fourth-order valence-electron chi connectivity index (χ4n) is 3.30. The number of rotatable bonds is 2. The largest absolute Gasteiger partial charge is 0.347 e. The van der Waals surface area contributed by atoms with Crippen molar-refractivity contribution in [2.75, 3.05) is 42.6 Å². The van der Waals surface area contributed by atoms with Crippen LogP contribution in [-0.2, 0) is 4.79 Å². The molecule has 0 spiro atoms. The topological polar surface area (TPSA) is 49.3 Å². The van der Waals surface area contributed by atoms with Crippen molar-refractivity contribution in [1.29, 1.82) is 0 Å². The second-order valence-electron chi connectivity index (χ2n) is 6.06. The normalized spacial score (nSPS) is 22.5. The van der Waals surface area contributed by atoms with Crippen molar-refractivity contribution in [1.82, 2.24) is 14.9 Å². The zero-order chi connectivity index (χ0) is 15.6. The molecule has 2 aliphatic heterocycles. The van der Waals surface area contributed by atoms with Crippen molar-refractivity contribution in [2.45, 2.75) is 12.8 Å². The molecule has 0 aromatic carbocycles. The standard InChI is InChI=1S/C16H20N4OS2/c21-15(19-6-8-22-9-7-19)12-2-1-5-20(11-12)16-18-13-10-17-4-3-14(13)23-16/h3-4,10,12H,1-2,5-9,11H2.